The van der Waals surface area contributed by atoms with E-state index in [2.05, 4.69) is 30.9 Å². The summed E-state index contributed by atoms with van der Waals surface area (Å²) in [7, 11) is 0. The van der Waals surface area contributed by atoms with Crippen LogP contribution in [0.25, 0.3) is 0 Å². The maximum Gasteiger partial charge on any atom is 0.262 e. The van der Waals surface area contributed by atoms with Crippen molar-refractivity contribution in [3.05, 3.63) is 28.5 Å². The summed E-state index contributed by atoms with van der Waals surface area (Å²) >= 11 is 4.69. The molecule has 0 aromatic carbocycles. The SMILES string of the molecule is Cc1coc(Sc2cc(Br)nc(C)n2)n1. The molecule has 0 saturated carbocycles. The number of rotatable bonds is 2. The van der Waals surface area contributed by atoms with Crippen molar-refractivity contribution in [2.75, 3.05) is 0 Å². The third-order valence-corrected chi connectivity index (χ3v) is 2.76. The van der Waals surface area contributed by atoms with Crippen LogP contribution in [0.15, 0.2) is 31.6 Å². The van der Waals surface area contributed by atoms with Crippen LogP contribution in [0.3, 0.4) is 0 Å². The third-order valence-electron chi connectivity index (χ3n) is 1.57. The van der Waals surface area contributed by atoms with Crippen LogP contribution in [0.2, 0.25) is 0 Å². The summed E-state index contributed by atoms with van der Waals surface area (Å²) in [6.45, 7) is 3.73. The molecule has 0 aliphatic carbocycles. The highest BCUT2D eigenvalue weighted by Crippen LogP contribution is 2.26. The Morgan fingerprint density at radius 3 is 2.67 bits per heavy atom. The van der Waals surface area contributed by atoms with Crippen molar-refractivity contribution in [3.63, 3.8) is 0 Å². The normalized spacial score (nSPS) is 10.6. The summed E-state index contributed by atoms with van der Waals surface area (Å²) in [5, 5.41) is 1.41. The van der Waals surface area contributed by atoms with Crippen molar-refractivity contribution >= 4 is 27.7 Å². The Hall–Kier alpha value is -0.880. The Morgan fingerprint density at radius 2 is 2.07 bits per heavy atom. The molecule has 0 fully saturated rings. The van der Waals surface area contributed by atoms with Gasteiger partial charge in [0, 0.05) is 6.07 Å². The molecule has 0 aliphatic heterocycles. The average molecular weight is 286 g/mol. The predicted molar refractivity (Wildman–Crippen MR) is 59.8 cm³/mol. The maximum atomic E-state index is 5.22. The molecule has 0 radical (unpaired) electrons. The molecule has 0 bridgehead atoms. The van der Waals surface area contributed by atoms with Gasteiger partial charge >= 0.3 is 0 Å². The van der Waals surface area contributed by atoms with Gasteiger partial charge in [-0.1, -0.05) is 0 Å². The lowest BCUT2D eigenvalue weighted by Gasteiger charge is -1.98. The van der Waals surface area contributed by atoms with Crippen LogP contribution in [0, 0.1) is 13.8 Å². The van der Waals surface area contributed by atoms with E-state index < -0.39 is 0 Å². The first kappa shape index (κ1) is 10.6. The smallest absolute Gasteiger partial charge is 0.262 e. The van der Waals surface area contributed by atoms with Gasteiger partial charge in [0.05, 0.1) is 5.69 Å². The molecule has 0 N–H and O–H groups in total. The van der Waals surface area contributed by atoms with Crippen LogP contribution in [0.5, 0.6) is 0 Å². The molecule has 0 unspecified atom stereocenters. The topological polar surface area (TPSA) is 51.8 Å². The van der Waals surface area contributed by atoms with Gasteiger partial charge < -0.3 is 4.42 Å². The second-order valence-electron chi connectivity index (χ2n) is 2.93. The monoisotopic (exact) mass is 285 g/mol. The standard InChI is InChI=1S/C9H8BrN3OS/c1-5-4-14-9(11-5)15-8-3-7(10)12-6(2)13-8/h3-4H,1-2H3. The highest BCUT2D eigenvalue weighted by atomic mass is 79.9. The lowest BCUT2D eigenvalue weighted by Crippen LogP contribution is -1.90. The summed E-state index contributed by atoms with van der Waals surface area (Å²) < 4.78 is 5.99. The van der Waals surface area contributed by atoms with Gasteiger partial charge in [0.1, 0.15) is 21.7 Å². The number of aromatic nitrogens is 3. The first-order valence-electron chi connectivity index (χ1n) is 4.24. The van der Waals surface area contributed by atoms with Gasteiger partial charge in [-0.05, 0) is 41.5 Å². The summed E-state index contributed by atoms with van der Waals surface area (Å²) in [6.07, 6.45) is 1.62. The van der Waals surface area contributed by atoms with E-state index in [1.807, 2.05) is 19.9 Å². The molecular formula is C9H8BrN3OS. The van der Waals surface area contributed by atoms with Crippen molar-refractivity contribution in [2.45, 2.75) is 24.1 Å². The first-order chi connectivity index (χ1) is 7.13. The van der Waals surface area contributed by atoms with Crippen LogP contribution in [0.4, 0.5) is 0 Å². The minimum absolute atomic E-state index is 0.595. The van der Waals surface area contributed by atoms with Gasteiger partial charge in [-0.2, -0.15) is 0 Å². The number of hydrogen-bond acceptors (Lipinski definition) is 5. The zero-order valence-electron chi connectivity index (χ0n) is 8.19. The molecule has 78 valence electrons. The van der Waals surface area contributed by atoms with E-state index >= 15 is 0 Å². The van der Waals surface area contributed by atoms with Crippen molar-refractivity contribution in [3.8, 4) is 0 Å². The van der Waals surface area contributed by atoms with E-state index in [0.29, 0.717) is 5.22 Å². The lowest BCUT2D eigenvalue weighted by atomic mass is 10.6. The van der Waals surface area contributed by atoms with Gasteiger partial charge in [0.25, 0.3) is 5.22 Å². The van der Waals surface area contributed by atoms with E-state index in [4.69, 9.17) is 4.42 Å². The molecule has 0 atom stereocenters. The molecule has 2 aromatic heterocycles. The molecule has 2 aromatic rings. The van der Waals surface area contributed by atoms with E-state index in [-0.39, 0.29) is 0 Å². The average Bonchev–Trinajstić information content (AvgIpc) is 2.49. The Morgan fingerprint density at radius 1 is 1.27 bits per heavy atom. The lowest BCUT2D eigenvalue weighted by molar-refractivity contribution is 0.453. The van der Waals surface area contributed by atoms with Crippen LogP contribution < -0.4 is 0 Å². The maximum absolute atomic E-state index is 5.22. The fourth-order valence-corrected chi connectivity index (χ4v) is 2.46. The Labute approximate surface area is 99.7 Å². The second kappa shape index (κ2) is 4.32. The first-order valence-corrected chi connectivity index (χ1v) is 5.85. The van der Waals surface area contributed by atoms with Crippen molar-refractivity contribution in [2.24, 2.45) is 0 Å². The molecule has 0 spiro atoms. The van der Waals surface area contributed by atoms with Crippen LogP contribution in [0.1, 0.15) is 11.5 Å². The minimum Gasteiger partial charge on any atom is -0.439 e. The summed E-state index contributed by atoms with van der Waals surface area (Å²) in [5.74, 6) is 0.718. The zero-order chi connectivity index (χ0) is 10.8. The van der Waals surface area contributed by atoms with E-state index in [1.54, 1.807) is 6.26 Å². The van der Waals surface area contributed by atoms with E-state index in [0.717, 1.165) is 21.1 Å². The molecule has 6 heteroatoms. The van der Waals surface area contributed by atoms with Crippen LogP contribution in [-0.4, -0.2) is 15.0 Å². The number of aryl methyl sites for hydroxylation is 2. The molecule has 4 nitrogen and oxygen atoms in total. The van der Waals surface area contributed by atoms with Gasteiger partial charge in [-0.15, -0.1) is 0 Å². The molecule has 2 rings (SSSR count). The number of hydrogen-bond donors (Lipinski definition) is 0. The second-order valence-corrected chi connectivity index (χ2v) is 4.72. The van der Waals surface area contributed by atoms with E-state index in [1.165, 1.54) is 11.8 Å². The van der Waals surface area contributed by atoms with Gasteiger partial charge in [0.2, 0.25) is 0 Å². The van der Waals surface area contributed by atoms with Gasteiger partial charge in [0.15, 0.2) is 0 Å². The van der Waals surface area contributed by atoms with Crippen LogP contribution >= 0.6 is 27.7 Å². The summed E-state index contributed by atoms with van der Waals surface area (Å²) in [4.78, 5) is 12.6. The quantitative estimate of drug-likeness (QED) is 0.794. The fraction of sp³-hybridized carbons (Fsp3) is 0.222. The molecule has 2 heterocycles. The van der Waals surface area contributed by atoms with Crippen LogP contribution in [-0.2, 0) is 0 Å². The number of oxazole rings is 1. The molecule has 15 heavy (non-hydrogen) atoms. The highest BCUT2D eigenvalue weighted by Gasteiger charge is 2.06. The van der Waals surface area contributed by atoms with Gasteiger partial charge in [-0.3, -0.25) is 0 Å². The fourth-order valence-electron chi connectivity index (χ4n) is 1.03. The summed E-state index contributed by atoms with van der Waals surface area (Å²) in [5.41, 5.74) is 0.863. The molecule has 0 saturated heterocycles. The zero-order valence-corrected chi connectivity index (χ0v) is 10.6. The van der Waals surface area contributed by atoms with Gasteiger partial charge in [-0.25, -0.2) is 15.0 Å². The predicted octanol–water partition coefficient (Wildman–Crippen LogP) is 3.00. The molecular weight excluding hydrogens is 278 g/mol. The van der Waals surface area contributed by atoms with Crippen molar-refractivity contribution in [1.82, 2.24) is 15.0 Å². The van der Waals surface area contributed by atoms with Crippen molar-refractivity contribution < 1.29 is 4.42 Å². The molecule has 0 amide bonds. The number of nitrogens with zero attached hydrogens (tertiary/aromatic N) is 3. The minimum atomic E-state index is 0.595. The highest BCUT2D eigenvalue weighted by molar-refractivity contribution is 9.10. The largest absolute Gasteiger partial charge is 0.439 e. The van der Waals surface area contributed by atoms with E-state index in [9.17, 15) is 0 Å². The Kier molecular flexibility index (Phi) is 3.06. The summed E-state index contributed by atoms with van der Waals surface area (Å²) in [6, 6.07) is 1.83. The third kappa shape index (κ3) is 2.79. The number of halogens is 1. The van der Waals surface area contributed by atoms with Crippen molar-refractivity contribution in [1.29, 1.82) is 0 Å². The Balaban J connectivity index is 2.24. The Bertz CT molecular complexity index is 466. The molecule has 0 aliphatic rings.